The summed E-state index contributed by atoms with van der Waals surface area (Å²) in [5, 5.41) is 6.97. The number of nitrogens with one attached hydrogen (secondary N) is 2. The van der Waals surface area contributed by atoms with Gasteiger partial charge in [0.25, 0.3) is 0 Å². The van der Waals surface area contributed by atoms with Crippen LogP contribution < -0.4 is 20.4 Å². The molecule has 0 aromatic heterocycles. The van der Waals surface area contributed by atoms with E-state index in [9.17, 15) is 25.9 Å². The standard InChI is InChI=1S/2C29H44N2O3S.Ca/c2*1-2-3-4-5-6-7-8-9-10-11-12-13-17-20-29-30-27-23-26(35(32,33)34)21-22-28(27)31(29)24-25-18-15-14-16-19-25;/h2*14-16,18-19,21-23,29-30H,2-13,17,20,24H2,1H3,(H,32,33,34);/q;;+2/p-2. The first-order valence-electron chi connectivity index (χ1n) is 27.3. The number of unbranched alkanes of at least 4 members (excludes halogenated alkanes) is 24. The van der Waals surface area contributed by atoms with Crippen LogP contribution in [0, 0.1) is 0 Å². The summed E-state index contributed by atoms with van der Waals surface area (Å²) in [5.41, 5.74) is 5.80. The molecule has 6 rings (SSSR count). The average molecular weight is 1040 g/mol. The van der Waals surface area contributed by atoms with Gasteiger partial charge in [-0.05, 0) is 73.2 Å². The van der Waals surface area contributed by atoms with Gasteiger partial charge in [-0.15, -0.1) is 0 Å². The summed E-state index contributed by atoms with van der Waals surface area (Å²) in [7, 11) is -8.94. The first-order chi connectivity index (χ1) is 34.0. The number of rotatable bonds is 34. The first kappa shape index (κ1) is 60.7. The third kappa shape index (κ3) is 22.3. The summed E-state index contributed by atoms with van der Waals surface area (Å²) in [4.78, 5) is 4.24. The summed E-state index contributed by atoms with van der Waals surface area (Å²) >= 11 is 0. The van der Waals surface area contributed by atoms with Crippen molar-refractivity contribution in [1.82, 2.24) is 0 Å². The molecule has 71 heavy (non-hydrogen) atoms. The van der Waals surface area contributed by atoms with Crippen LogP contribution in [-0.4, -0.2) is 76.0 Å². The summed E-state index contributed by atoms with van der Waals surface area (Å²) in [5.74, 6) is 0. The minimum absolute atomic E-state index is 0. The topological polar surface area (TPSA) is 145 Å². The van der Waals surface area contributed by atoms with Gasteiger partial charge in [0.2, 0.25) is 0 Å². The van der Waals surface area contributed by atoms with Gasteiger partial charge in [-0.1, -0.05) is 229 Å². The van der Waals surface area contributed by atoms with Crippen LogP contribution in [0.1, 0.15) is 205 Å². The zero-order valence-electron chi connectivity index (χ0n) is 43.5. The molecular weight excluding hydrogens is 953 g/mol. The van der Waals surface area contributed by atoms with Gasteiger partial charge in [0, 0.05) is 13.1 Å². The Balaban J connectivity index is 0.000000304. The van der Waals surface area contributed by atoms with Gasteiger partial charge in [0.1, 0.15) is 20.2 Å². The molecule has 0 spiro atoms. The molecule has 13 heteroatoms. The van der Waals surface area contributed by atoms with Crippen LogP contribution in [0.15, 0.2) is 107 Å². The molecule has 4 aromatic carbocycles. The molecule has 2 N–H and O–H groups in total. The van der Waals surface area contributed by atoms with Crippen molar-refractivity contribution in [1.29, 1.82) is 0 Å². The molecule has 0 saturated heterocycles. The van der Waals surface area contributed by atoms with E-state index in [0.29, 0.717) is 0 Å². The molecule has 0 aliphatic carbocycles. The minimum Gasteiger partial charge on any atom is -0.744 e. The summed E-state index contributed by atoms with van der Waals surface area (Å²) in [6.07, 6.45) is 36.8. The molecule has 2 atom stereocenters. The smallest absolute Gasteiger partial charge is 0.744 e. The Morgan fingerprint density at radius 1 is 0.408 bits per heavy atom. The average Bonchev–Trinajstić information content (AvgIpc) is 3.87. The van der Waals surface area contributed by atoms with Crippen LogP contribution >= 0.6 is 0 Å². The van der Waals surface area contributed by atoms with Crippen molar-refractivity contribution in [2.75, 3.05) is 20.4 Å². The maximum absolute atomic E-state index is 11.5. The molecule has 0 amide bonds. The van der Waals surface area contributed by atoms with E-state index in [4.69, 9.17) is 0 Å². The van der Waals surface area contributed by atoms with E-state index in [0.717, 1.165) is 61.5 Å². The van der Waals surface area contributed by atoms with Crippen LogP contribution in [-0.2, 0) is 33.3 Å². The summed E-state index contributed by atoms with van der Waals surface area (Å²) in [6.45, 7) is 6.02. The van der Waals surface area contributed by atoms with Crippen molar-refractivity contribution in [3.8, 4) is 0 Å². The fourth-order valence-corrected chi connectivity index (χ4v) is 11.0. The first-order valence-corrected chi connectivity index (χ1v) is 30.1. The number of anilines is 4. The number of nitrogens with zero attached hydrogens (tertiary/aromatic N) is 2. The molecule has 10 nitrogen and oxygen atoms in total. The Bertz CT molecular complexity index is 2130. The van der Waals surface area contributed by atoms with Gasteiger partial charge in [-0.2, -0.15) is 0 Å². The molecule has 2 aliphatic rings. The number of hydrogen-bond donors (Lipinski definition) is 2. The Kier molecular flexibility index (Phi) is 29.0. The van der Waals surface area contributed by atoms with Crippen molar-refractivity contribution < 1.29 is 25.9 Å². The zero-order valence-corrected chi connectivity index (χ0v) is 47.3. The maximum Gasteiger partial charge on any atom is 2.00 e. The molecule has 0 saturated carbocycles. The maximum atomic E-state index is 11.5. The van der Waals surface area contributed by atoms with E-state index in [2.05, 4.69) is 58.5 Å². The van der Waals surface area contributed by atoms with Crippen LogP contribution in [0.4, 0.5) is 22.7 Å². The third-order valence-corrected chi connectivity index (χ3v) is 15.7. The van der Waals surface area contributed by atoms with Gasteiger partial charge in [0.15, 0.2) is 0 Å². The Morgan fingerprint density at radius 3 is 0.972 bits per heavy atom. The van der Waals surface area contributed by atoms with E-state index in [-0.39, 0.29) is 59.9 Å². The Morgan fingerprint density at radius 2 is 0.690 bits per heavy atom. The molecular formula is C58H86CaN4O6S2. The van der Waals surface area contributed by atoms with Crippen molar-refractivity contribution in [2.45, 2.75) is 229 Å². The number of fused-ring (bicyclic) bond motifs is 2. The van der Waals surface area contributed by atoms with Crippen molar-refractivity contribution in [3.05, 3.63) is 108 Å². The van der Waals surface area contributed by atoms with E-state index in [1.54, 1.807) is 12.1 Å². The molecule has 0 radical (unpaired) electrons. The second kappa shape index (κ2) is 33.9. The van der Waals surface area contributed by atoms with Gasteiger partial charge in [-0.25, -0.2) is 16.8 Å². The van der Waals surface area contributed by atoms with Gasteiger partial charge in [0.05, 0.1) is 44.9 Å². The zero-order chi connectivity index (χ0) is 49.9. The van der Waals surface area contributed by atoms with Crippen molar-refractivity contribution in [2.24, 2.45) is 0 Å². The summed E-state index contributed by atoms with van der Waals surface area (Å²) in [6, 6.07) is 29.9. The largest absolute Gasteiger partial charge is 2.00 e. The number of benzene rings is 4. The van der Waals surface area contributed by atoms with Crippen LogP contribution in [0.25, 0.3) is 0 Å². The minimum atomic E-state index is -4.47. The van der Waals surface area contributed by atoms with Gasteiger partial charge < -0.3 is 29.5 Å². The normalized spacial score (nSPS) is 15.0. The summed E-state index contributed by atoms with van der Waals surface area (Å²) < 4.78 is 69.0. The Hall–Kier alpha value is -2.84. The fourth-order valence-electron chi connectivity index (χ4n) is 10.0. The van der Waals surface area contributed by atoms with Gasteiger partial charge in [-0.3, -0.25) is 0 Å². The molecule has 0 bridgehead atoms. The molecule has 4 aromatic rings. The van der Waals surface area contributed by atoms with Crippen LogP contribution in [0.3, 0.4) is 0 Å². The molecule has 2 unspecified atom stereocenters. The monoisotopic (exact) mass is 1040 g/mol. The predicted molar refractivity (Wildman–Crippen MR) is 295 cm³/mol. The van der Waals surface area contributed by atoms with E-state index in [1.807, 2.05) is 36.4 Å². The van der Waals surface area contributed by atoms with Crippen LogP contribution in [0.2, 0.25) is 0 Å². The Labute approximate surface area is 460 Å². The molecule has 388 valence electrons. The van der Waals surface area contributed by atoms with Gasteiger partial charge >= 0.3 is 37.7 Å². The molecule has 2 aliphatic heterocycles. The predicted octanol–water partition coefficient (Wildman–Crippen LogP) is 15.3. The quantitative estimate of drug-likeness (QED) is 0.0263. The second-order valence-electron chi connectivity index (χ2n) is 19.9. The van der Waals surface area contributed by atoms with E-state index in [1.165, 1.54) is 189 Å². The second-order valence-corrected chi connectivity index (χ2v) is 22.6. The molecule has 0 fully saturated rings. The van der Waals surface area contributed by atoms with E-state index >= 15 is 0 Å². The molecule has 2 heterocycles. The van der Waals surface area contributed by atoms with E-state index < -0.39 is 20.2 Å². The van der Waals surface area contributed by atoms with Crippen molar-refractivity contribution >= 4 is 80.7 Å². The van der Waals surface area contributed by atoms with Crippen LogP contribution in [0.5, 0.6) is 0 Å². The third-order valence-electron chi connectivity index (χ3n) is 14.1. The van der Waals surface area contributed by atoms with Crippen molar-refractivity contribution in [3.63, 3.8) is 0 Å². The fraction of sp³-hybridized carbons (Fsp3) is 0.586. The SMILES string of the molecule is CCCCCCCCCCCCCCCC1Nc2cc(S(=O)(=O)[O-])ccc2N1Cc1ccccc1.CCCCCCCCCCCCCCCC1Nc2cc(S(=O)(=O)[O-])ccc2N1Cc1ccccc1.[Ca+2]. The number of hydrogen-bond acceptors (Lipinski definition) is 10.